The third-order valence-electron chi connectivity index (χ3n) is 2.38. The Hall–Kier alpha value is -2.01. The third-order valence-corrected chi connectivity index (χ3v) is 2.38. The molecule has 2 aromatic heterocycles. The van der Waals surface area contributed by atoms with Crippen LogP contribution in [0.5, 0.6) is 0 Å². The zero-order valence-corrected chi connectivity index (χ0v) is 10.5. The van der Waals surface area contributed by atoms with Crippen LogP contribution in [-0.4, -0.2) is 34.7 Å². The Morgan fingerprint density at radius 2 is 2.06 bits per heavy atom. The Morgan fingerprint density at radius 3 is 2.78 bits per heavy atom. The van der Waals surface area contributed by atoms with Gasteiger partial charge in [-0.05, 0) is 25.1 Å². The van der Waals surface area contributed by atoms with Crippen molar-refractivity contribution >= 4 is 5.95 Å². The van der Waals surface area contributed by atoms with Crippen molar-refractivity contribution in [2.24, 2.45) is 0 Å². The van der Waals surface area contributed by atoms with Crippen LogP contribution in [0.1, 0.15) is 6.92 Å². The molecule has 0 bridgehead atoms. The largest absolute Gasteiger partial charge is 0.383 e. The third kappa shape index (κ3) is 3.24. The van der Waals surface area contributed by atoms with Crippen LogP contribution in [0.3, 0.4) is 0 Å². The highest BCUT2D eigenvalue weighted by atomic mass is 16.5. The van der Waals surface area contributed by atoms with Crippen molar-refractivity contribution in [1.29, 1.82) is 0 Å². The van der Waals surface area contributed by atoms with Crippen LogP contribution in [0.2, 0.25) is 0 Å². The van der Waals surface area contributed by atoms with Crippen LogP contribution >= 0.6 is 0 Å². The average Bonchev–Trinajstić information content (AvgIpc) is 2.40. The summed E-state index contributed by atoms with van der Waals surface area (Å²) < 4.78 is 5.06. The lowest BCUT2D eigenvalue weighted by Crippen LogP contribution is -2.22. The second-order valence-electron chi connectivity index (χ2n) is 3.98. The van der Waals surface area contributed by atoms with E-state index >= 15 is 0 Å². The van der Waals surface area contributed by atoms with E-state index in [0.29, 0.717) is 12.6 Å². The predicted octanol–water partition coefficient (Wildman–Crippen LogP) is 1.99. The summed E-state index contributed by atoms with van der Waals surface area (Å²) >= 11 is 0. The molecule has 1 atom stereocenters. The Labute approximate surface area is 106 Å². The Morgan fingerprint density at radius 1 is 1.17 bits per heavy atom. The molecule has 0 saturated heterocycles. The number of anilines is 1. The van der Waals surface area contributed by atoms with Gasteiger partial charge >= 0.3 is 0 Å². The number of pyridine rings is 1. The molecular formula is C13H16N4O. The summed E-state index contributed by atoms with van der Waals surface area (Å²) in [5.74, 6) is 0.586. The van der Waals surface area contributed by atoms with Crippen LogP contribution in [0.15, 0.2) is 36.7 Å². The van der Waals surface area contributed by atoms with Crippen molar-refractivity contribution < 1.29 is 4.74 Å². The lowest BCUT2D eigenvalue weighted by atomic mass is 10.2. The number of aromatic nitrogens is 3. The Bertz CT molecular complexity index is 489. The first-order valence-corrected chi connectivity index (χ1v) is 5.79. The van der Waals surface area contributed by atoms with Crippen molar-refractivity contribution in [3.8, 4) is 11.4 Å². The van der Waals surface area contributed by atoms with Gasteiger partial charge in [-0.1, -0.05) is 6.07 Å². The molecular weight excluding hydrogens is 228 g/mol. The minimum Gasteiger partial charge on any atom is -0.383 e. The van der Waals surface area contributed by atoms with E-state index in [4.69, 9.17) is 4.74 Å². The molecule has 0 aliphatic rings. The quantitative estimate of drug-likeness (QED) is 0.871. The first kappa shape index (κ1) is 12.4. The predicted molar refractivity (Wildman–Crippen MR) is 70.2 cm³/mol. The summed E-state index contributed by atoms with van der Waals surface area (Å²) in [7, 11) is 1.67. The van der Waals surface area contributed by atoms with Crippen LogP contribution in [0.4, 0.5) is 5.95 Å². The summed E-state index contributed by atoms with van der Waals surface area (Å²) in [6.45, 7) is 2.62. The van der Waals surface area contributed by atoms with Crippen molar-refractivity contribution in [1.82, 2.24) is 15.0 Å². The van der Waals surface area contributed by atoms with Gasteiger partial charge in [0, 0.05) is 25.5 Å². The fourth-order valence-electron chi connectivity index (χ4n) is 1.60. The standard InChI is InChI=1S/C13H16N4O/c1-10(9-18-2)16-13-15-8-6-12(17-13)11-5-3-4-7-14-11/h3-8,10H,9H2,1-2H3,(H,15,16,17). The van der Waals surface area contributed by atoms with Crippen LogP contribution in [-0.2, 0) is 4.74 Å². The van der Waals surface area contributed by atoms with Crippen LogP contribution < -0.4 is 5.32 Å². The molecule has 0 amide bonds. The molecule has 0 aliphatic carbocycles. The normalized spacial score (nSPS) is 12.1. The van der Waals surface area contributed by atoms with Gasteiger partial charge in [-0.2, -0.15) is 0 Å². The molecule has 2 aromatic rings. The summed E-state index contributed by atoms with van der Waals surface area (Å²) in [5.41, 5.74) is 1.64. The van der Waals surface area contributed by atoms with E-state index in [2.05, 4.69) is 20.3 Å². The van der Waals surface area contributed by atoms with Gasteiger partial charge < -0.3 is 10.1 Å². The second-order valence-corrected chi connectivity index (χ2v) is 3.98. The van der Waals surface area contributed by atoms with E-state index in [1.165, 1.54) is 0 Å². The Kier molecular flexibility index (Phi) is 4.20. The molecule has 0 fully saturated rings. The Balaban J connectivity index is 2.15. The number of ether oxygens (including phenoxy) is 1. The summed E-state index contributed by atoms with van der Waals surface area (Å²) in [6.07, 6.45) is 3.47. The van der Waals surface area contributed by atoms with E-state index in [-0.39, 0.29) is 6.04 Å². The first-order chi connectivity index (χ1) is 8.79. The van der Waals surface area contributed by atoms with E-state index in [0.717, 1.165) is 11.4 Å². The van der Waals surface area contributed by atoms with E-state index in [1.807, 2.05) is 31.2 Å². The van der Waals surface area contributed by atoms with Crippen molar-refractivity contribution in [3.63, 3.8) is 0 Å². The van der Waals surface area contributed by atoms with Crippen LogP contribution in [0.25, 0.3) is 11.4 Å². The first-order valence-electron chi connectivity index (χ1n) is 5.79. The maximum atomic E-state index is 5.06. The molecule has 0 spiro atoms. The van der Waals surface area contributed by atoms with Gasteiger partial charge in [-0.15, -0.1) is 0 Å². The van der Waals surface area contributed by atoms with Crippen molar-refractivity contribution in [2.45, 2.75) is 13.0 Å². The molecule has 94 valence electrons. The highest BCUT2D eigenvalue weighted by molar-refractivity contribution is 5.54. The molecule has 5 heteroatoms. The maximum Gasteiger partial charge on any atom is 0.223 e. The average molecular weight is 244 g/mol. The van der Waals surface area contributed by atoms with Crippen LogP contribution in [0, 0.1) is 0 Å². The number of methoxy groups -OCH3 is 1. The van der Waals surface area contributed by atoms with Crippen molar-refractivity contribution in [2.75, 3.05) is 19.0 Å². The lowest BCUT2D eigenvalue weighted by molar-refractivity contribution is 0.190. The molecule has 1 unspecified atom stereocenters. The van der Waals surface area contributed by atoms with Gasteiger partial charge in [0.15, 0.2) is 0 Å². The molecule has 2 heterocycles. The minimum atomic E-state index is 0.161. The summed E-state index contributed by atoms with van der Waals surface area (Å²) in [6, 6.07) is 7.74. The van der Waals surface area contributed by atoms with Gasteiger partial charge in [0.2, 0.25) is 5.95 Å². The molecule has 0 radical (unpaired) electrons. The number of nitrogens with zero attached hydrogens (tertiary/aromatic N) is 3. The smallest absolute Gasteiger partial charge is 0.223 e. The van der Waals surface area contributed by atoms with E-state index in [1.54, 1.807) is 19.5 Å². The van der Waals surface area contributed by atoms with E-state index < -0.39 is 0 Å². The number of hydrogen-bond acceptors (Lipinski definition) is 5. The highest BCUT2D eigenvalue weighted by Gasteiger charge is 2.05. The molecule has 0 aliphatic heterocycles. The SMILES string of the molecule is COCC(C)Nc1nccc(-c2ccccn2)n1. The minimum absolute atomic E-state index is 0.161. The van der Waals surface area contributed by atoms with Gasteiger partial charge in [0.1, 0.15) is 0 Å². The lowest BCUT2D eigenvalue weighted by Gasteiger charge is -2.12. The van der Waals surface area contributed by atoms with Crippen molar-refractivity contribution in [3.05, 3.63) is 36.7 Å². The highest BCUT2D eigenvalue weighted by Crippen LogP contribution is 2.14. The monoisotopic (exact) mass is 244 g/mol. The summed E-state index contributed by atoms with van der Waals surface area (Å²) in [4.78, 5) is 12.9. The fourth-order valence-corrected chi connectivity index (χ4v) is 1.60. The molecule has 18 heavy (non-hydrogen) atoms. The van der Waals surface area contributed by atoms with Gasteiger partial charge in [0.05, 0.1) is 18.0 Å². The number of rotatable bonds is 5. The topological polar surface area (TPSA) is 59.9 Å². The molecule has 0 saturated carbocycles. The summed E-state index contributed by atoms with van der Waals surface area (Å²) in [5, 5.41) is 3.18. The molecule has 0 aromatic carbocycles. The number of nitrogens with one attached hydrogen (secondary N) is 1. The number of hydrogen-bond donors (Lipinski definition) is 1. The molecule has 1 N–H and O–H groups in total. The fraction of sp³-hybridized carbons (Fsp3) is 0.308. The van der Waals surface area contributed by atoms with Gasteiger partial charge in [0.25, 0.3) is 0 Å². The zero-order chi connectivity index (χ0) is 12.8. The van der Waals surface area contributed by atoms with Gasteiger partial charge in [-0.3, -0.25) is 4.98 Å². The second kappa shape index (κ2) is 6.07. The maximum absolute atomic E-state index is 5.06. The zero-order valence-electron chi connectivity index (χ0n) is 10.5. The van der Waals surface area contributed by atoms with Gasteiger partial charge in [-0.25, -0.2) is 9.97 Å². The van der Waals surface area contributed by atoms with E-state index in [9.17, 15) is 0 Å². The molecule has 2 rings (SSSR count). The molecule has 5 nitrogen and oxygen atoms in total.